The molecule has 0 bridgehead atoms. The molecule has 1 N–H and O–H groups in total. The van der Waals surface area contributed by atoms with Crippen LogP contribution in [0, 0.1) is 17.0 Å². The first-order valence-electron chi connectivity index (χ1n) is 14.1. The van der Waals surface area contributed by atoms with Crippen molar-refractivity contribution >= 4 is 0 Å². The van der Waals surface area contributed by atoms with Crippen LogP contribution in [-0.2, 0) is 13.0 Å². The molecule has 0 radical (unpaired) electrons. The molecule has 1 saturated heterocycles. The molecular weight excluding hydrogens is 539 g/mol. The zero-order valence-corrected chi connectivity index (χ0v) is 22.7. The van der Waals surface area contributed by atoms with Gasteiger partial charge in [0.15, 0.2) is 0 Å². The van der Waals surface area contributed by atoms with E-state index in [0.717, 1.165) is 61.4 Å². The Balaban J connectivity index is 1.25. The summed E-state index contributed by atoms with van der Waals surface area (Å²) in [6.45, 7) is 1.03. The van der Waals surface area contributed by atoms with Gasteiger partial charge in [0.2, 0.25) is 0 Å². The molecule has 3 aromatic carbocycles. The van der Waals surface area contributed by atoms with Gasteiger partial charge in [-0.05, 0) is 66.3 Å². The SMILES string of the molecule is Fc1cc(OC2CCC3(CC2)CNC3)cc(F)c1C1c2ccc(OCc3ccccc3)cc2CCN1CC(F)(F)F. The Kier molecular flexibility index (Phi) is 7.68. The standard InChI is InChI=1S/C32H33F5N2O2/c33-27-15-25(41-23-8-11-31(12-9-23)18-38-19-31)16-28(34)29(27)30-26-7-6-24(40-17-21-4-2-1-3-5-21)14-22(26)10-13-39(30)20-32(35,36)37/h1-7,14-16,23,30,38H,8-13,17-20H2. The average Bonchev–Trinajstić information content (AvgIpc) is 2.92. The summed E-state index contributed by atoms with van der Waals surface area (Å²) < 4.78 is 83.9. The van der Waals surface area contributed by atoms with Crippen molar-refractivity contribution in [1.82, 2.24) is 10.2 Å². The first-order valence-corrected chi connectivity index (χ1v) is 14.1. The summed E-state index contributed by atoms with van der Waals surface area (Å²) in [7, 11) is 0. The van der Waals surface area contributed by atoms with Gasteiger partial charge in [0, 0.05) is 37.3 Å². The molecule has 0 aromatic heterocycles. The number of nitrogens with zero attached hydrogens (tertiary/aromatic N) is 1. The van der Waals surface area contributed by atoms with Crippen molar-refractivity contribution in [1.29, 1.82) is 0 Å². The molecule has 3 aliphatic rings. The Morgan fingerprint density at radius 1 is 0.902 bits per heavy atom. The van der Waals surface area contributed by atoms with Crippen LogP contribution in [0.2, 0.25) is 0 Å². The maximum Gasteiger partial charge on any atom is 0.401 e. The zero-order valence-electron chi connectivity index (χ0n) is 22.7. The molecule has 2 fully saturated rings. The van der Waals surface area contributed by atoms with Crippen molar-refractivity contribution in [2.75, 3.05) is 26.2 Å². The lowest BCUT2D eigenvalue weighted by molar-refractivity contribution is -0.150. The van der Waals surface area contributed by atoms with Crippen molar-refractivity contribution < 1.29 is 31.4 Å². The molecule has 1 unspecified atom stereocenters. The molecule has 1 aliphatic carbocycles. The van der Waals surface area contributed by atoms with Crippen molar-refractivity contribution in [3.63, 3.8) is 0 Å². The van der Waals surface area contributed by atoms with Gasteiger partial charge in [-0.3, -0.25) is 4.90 Å². The van der Waals surface area contributed by atoms with E-state index in [1.54, 1.807) is 18.2 Å². The first-order chi connectivity index (χ1) is 19.7. The minimum absolute atomic E-state index is 0.00483. The van der Waals surface area contributed by atoms with Gasteiger partial charge in [-0.1, -0.05) is 36.4 Å². The van der Waals surface area contributed by atoms with Gasteiger partial charge in [0.05, 0.1) is 18.7 Å². The number of benzene rings is 3. The van der Waals surface area contributed by atoms with Crippen LogP contribution in [0.1, 0.15) is 54.0 Å². The summed E-state index contributed by atoms with van der Waals surface area (Å²) in [4.78, 5) is 1.10. The van der Waals surface area contributed by atoms with Crippen LogP contribution in [0.25, 0.3) is 0 Å². The lowest BCUT2D eigenvalue weighted by atomic mass is 9.69. The smallest absolute Gasteiger partial charge is 0.401 e. The third-order valence-electron chi connectivity index (χ3n) is 8.70. The molecule has 9 heteroatoms. The van der Waals surface area contributed by atoms with Crippen LogP contribution < -0.4 is 14.8 Å². The lowest BCUT2D eigenvalue weighted by Gasteiger charge is -2.47. The maximum atomic E-state index is 15.7. The average molecular weight is 573 g/mol. The summed E-state index contributed by atoms with van der Waals surface area (Å²) in [5.41, 5.74) is 2.04. The minimum atomic E-state index is -4.53. The third kappa shape index (κ3) is 6.21. The molecule has 1 spiro atoms. The highest BCUT2D eigenvalue weighted by Gasteiger charge is 2.42. The highest BCUT2D eigenvalue weighted by atomic mass is 19.4. The van der Waals surface area contributed by atoms with E-state index in [0.29, 0.717) is 35.3 Å². The molecule has 41 heavy (non-hydrogen) atoms. The monoisotopic (exact) mass is 572 g/mol. The molecule has 6 rings (SSSR count). The van der Waals surface area contributed by atoms with Crippen LogP contribution in [0.5, 0.6) is 11.5 Å². The zero-order chi connectivity index (χ0) is 28.6. The highest BCUT2D eigenvalue weighted by Crippen LogP contribution is 2.43. The Bertz CT molecular complexity index is 1340. The minimum Gasteiger partial charge on any atom is -0.490 e. The highest BCUT2D eigenvalue weighted by molar-refractivity contribution is 5.46. The van der Waals surface area contributed by atoms with Crippen LogP contribution in [0.3, 0.4) is 0 Å². The van der Waals surface area contributed by atoms with Gasteiger partial charge >= 0.3 is 6.18 Å². The predicted molar refractivity (Wildman–Crippen MR) is 145 cm³/mol. The largest absolute Gasteiger partial charge is 0.490 e. The van der Waals surface area contributed by atoms with Gasteiger partial charge < -0.3 is 14.8 Å². The normalized spacial score (nSPS) is 20.9. The summed E-state index contributed by atoms with van der Waals surface area (Å²) in [6.07, 6.45) is -0.774. The Morgan fingerprint density at radius 3 is 2.24 bits per heavy atom. The number of hydrogen-bond donors (Lipinski definition) is 1. The molecule has 218 valence electrons. The van der Waals surface area contributed by atoms with Crippen molar-refractivity contribution in [3.05, 3.63) is 94.6 Å². The molecule has 4 nitrogen and oxygen atoms in total. The van der Waals surface area contributed by atoms with Crippen LogP contribution in [0.15, 0.2) is 60.7 Å². The van der Waals surface area contributed by atoms with E-state index in [4.69, 9.17) is 9.47 Å². The first kappa shape index (κ1) is 28.0. The quantitative estimate of drug-likeness (QED) is 0.310. The number of ether oxygens (including phenoxy) is 2. The second kappa shape index (κ2) is 11.2. The maximum absolute atomic E-state index is 15.7. The van der Waals surface area contributed by atoms with E-state index in [9.17, 15) is 13.2 Å². The number of fused-ring (bicyclic) bond motifs is 1. The van der Waals surface area contributed by atoms with E-state index in [-0.39, 0.29) is 18.4 Å². The van der Waals surface area contributed by atoms with Gasteiger partial charge in [0.1, 0.15) is 29.7 Å². The summed E-state index contributed by atoms with van der Waals surface area (Å²) in [6, 6.07) is 15.6. The van der Waals surface area contributed by atoms with Gasteiger partial charge in [-0.2, -0.15) is 13.2 Å². The van der Waals surface area contributed by atoms with Crippen LogP contribution in [0.4, 0.5) is 22.0 Å². The van der Waals surface area contributed by atoms with Gasteiger partial charge in [0.25, 0.3) is 0 Å². The van der Waals surface area contributed by atoms with Crippen molar-refractivity contribution in [3.8, 4) is 11.5 Å². The van der Waals surface area contributed by atoms with E-state index >= 15 is 8.78 Å². The Hall–Kier alpha value is -3.17. The fraction of sp³-hybridized carbons (Fsp3) is 0.438. The van der Waals surface area contributed by atoms with Crippen molar-refractivity contribution in [2.45, 2.75) is 57.0 Å². The molecule has 2 aliphatic heterocycles. The topological polar surface area (TPSA) is 33.7 Å². The Morgan fingerprint density at radius 2 is 1.61 bits per heavy atom. The summed E-state index contributed by atoms with van der Waals surface area (Å²) >= 11 is 0. The lowest BCUT2D eigenvalue weighted by Crippen LogP contribution is -2.55. The molecular formula is C32H33F5N2O2. The van der Waals surface area contributed by atoms with E-state index in [1.807, 2.05) is 30.3 Å². The van der Waals surface area contributed by atoms with E-state index < -0.39 is 36.0 Å². The second-order valence-electron chi connectivity index (χ2n) is 11.6. The summed E-state index contributed by atoms with van der Waals surface area (Å²) in [5.74, 6) is -1.21. The molecule has 1 atom stereocenters. The fourth-order valence-electron chi connectivity index (χ4n) is 6.46. The number of nitrogens with one attached hydrogen (secondary N) is 1. The van der Waals surface area contributed by atoms with E-state index in [2.05, 4.69) is 5.32 Å². The fourth-order valence-corrected chi connectivity index (χ4v) is 6.46. The molecule has 2 heterocycles. The summed E-state index contributed by atoms with van der Waals surface area (Å²) in [5, 5.41) is 3.31. The second-order valence-corrected chi connectivity index (χ2v) is 11.6. The third-order valence-corrected chi connectivity index (χ3v) is 8.70. The number of hydrogen-bond acceptors (Lipinski definition) is 4. The number of rotatable bonds is 7. The predicted octanol–water partition coefficient (Wildman–Crippen LogP) is 6.96. The van der Waals surface area contributed by atoms with Gasteiger partial charge in [-0.25, -0.2) is 8.78 Å². The van der Waals surface area contributed by atoms with Crippen molar-refractivity contribution in [2.24, 2.45) is 5.41 Å². The van der Waals surface area contributed by atoms with Gasteiger partial charge in [-0.15, -0.1) is 0 Å². The van der Waals surface area contributed by atoms with Crippen LogP contribution in [-0.4, -0.2) is 43.4 Å². The number of halogens is 5. The molecule has 0 amide bonds. The molecule has 3 aromatic rings. The Labute approximate surface area is 236 Å². The number of alkyl halides is 3. The van der Waals surface area contributed by atoms with E-state index in [1.165, 1.54) is 0 Å². The molecule has 1 saturated carbocycles. The van der Waals surface area contributed by atoms with Crippen LogP contribution >= 0.6 is 0 Å².